The molecule has 2 rings (SSSR count). The van der Waals surface area contributed by atoms with Crippen molar-refractivity contribution in [2.75, 3.05) is 6.54 Å². The molecule has 158 valence electrons. The van der Waals surface area contributed by atoms with Gasteiger partial charge in [0.15, 0.2) is 11.2 Å². The zero-order chi connectivity index (χ0) is 20.5. The van der Waals surface area contributed by atoms with Crippen molar-refractivity contribution in [2.24, 2.45) is 25.7 Å². The van der Waals surface area contributed by atoms with E-state index >= 15 is 0 Å². The van der Waals surface area contributed by atoms with Gasteiger partial charge in [-0.3, -0.25) is 13.9 Å². The summed E-state index contributed by atoms with van der Waals surface area (Å²) in [6.07, 6.45) is 14.1. The van der Waals surface area contributed by atoms with Gasteiger partial charge in [0.05, 0.1) is 6.33 Å². The van der Waals surface area contributed by atoms with Crippen LogP contribution >= 0.6 is 0 Å². The minimum absolute atomic E-state index is 0.280. The van der Waals surface area contributed by atoms with Gasteiger partial charge in [0.25, 0.3) is 5.56 Å². The second-order valence-electron chi connectivity index (χ2n) is 7.96. The topological polar surface area (TPSA) is 87.8 Å². The highest BCUT2D eigenvalue weighted by Crippen LogP contribution is 2.20. The molecule has 0 aliphatic rings. The van der Waals surface area contributed by atoms with Gasteiger partial charge in [-0.15, -0.1) is 0 Å². The number of fused-ring (bicyclic) bond motifs is 1. The lowest BCUT2D eigenvalue weighted by Crippen LogP contribution is -2.37. The van der Waals surface area contributed by atoms with E-state index in [1.807, 2.05) is 4.57 Å². The van der Waals surface area contributed by atoms with Crippen LogP contribution in [-0.2, 0) is 20.6 Å². The van der Waals surface area contributed by atoms with E-state index in [0.29, 0.717) is 23.6 Å². The summed E-state index contributed by atoms with van der Waals surface area (Å²) in [6.45, 7) is 3.67. The number of hydrogen-bond acceptors (Lipinski definition) is 4. The van der Waals surface area contributed by atoms with Crippen LogP contribution in [0.2, 0.25) is 0 Å². The molecule has 0 radical (unpaired) electrons. The SMILES string of the molecule is CCCCCCCCCC(CCN)CCn1cnc2c1c(=O)n(C)c(=O)n2C. The molecule has 0 bridgehead atoms. The smallest absolute Gasteiger partial charge is 0.330 e. The van der Waals surface area contributed by atoms with Crippen molar-refractivity contribution in [2.45, 2.75) is 77.7 Å². The number of unbranched alkanes of at least 4 members (excludes halogenated alkanes) is 6. The average molecular weight is 392 g/mol. The van der Waals surface area contributed by atoms with Gasteiger partial charge in [0.2, 0.25) is 0 Å². The molecule has 0 aromatic carbocycles. The quantitative estimate of drug-likeness (QED) is 0.532. The molecule has 0 spiro atoms. The maximum atomic E-state index is 12.5. The van der Waals surface area contributed by atoms with Gasteiger partial charge in [-0.25, -0.2) is 9.78 Å². The Hall–Kier alpha value is -1.89. The summed E-state index contributed by atoms with van der Waals surface area (Å²) in [6, 6.07) is 0. The Morgan fingerprint density at radius 1 is 0.964 bits per heavy atom. The molecular weight excluding hydrogens is 354 g/mol. The highest BCUT2D eigenvalue weighted by Gasteiger charge is 2.15. The van der Waals surface area contributed by atoms with Crippen molar-refractivity contribution in [1.29, 1.82) is 0 Å². The first kappa shape index (κ1) is 22.4. The molecular formula is C21H37N5O2. The third-order valence-electron chi connectivity index (χ3n) is 5.79. The molecule has 0 saturated heterocycles. The Labute approximate surface area is 167 Å². The third kappa shape index (κ3) is 5.56. The van der Waals surface area contributed by atoms with Crippen molar-refractivity contribution in [3.63, 3.8) is 0 Å². The first-order valence-electron chi connectivity index (χ1n) is 10.8. The van der Waals surface area contributed by atoms with Crippen LogP contribution in [-0.4, -0.2) is 25.2 Å². The minimum Gasteiger partial charge on any atom is -0.330 e. The molecule has 0 saturated carbocycles. The van der Waals surface area contributed by atoms with E-state index < -0.39 is 0 Å². The molecule has 7 heteroatoms. The molecule has 2 N–H and O–H groups in total. The summed E-state index contributed by atoms with van der Waals surface area (Å²) in [7, 11) is 3.17. The zero-order valence-corrected chi connectivity index (χ0v) is 17.8. The van der Waals surface area contributed by atoms with Crippen LogP contribution in [0.3, 0.4) is 0 Å². The maximum Gasteiger partial charge on any atom is 0.332 e. The van der Waals surface area contributed by atoms with Crippen LogP contribution in [0.1, 0.15) is 71.1 Å². The third-order valence-corrected chi connectivity index (χ3v) is 5.79. The summed E-state index contributed by atoms with van der Waals surface area (Å²) >= 11 is 0. The van der Waals surface area contributed by atoms with E-state index in [-0.39, 0.29) is 11.2 Å². The van der Waals surface area contributed by atoms with Gasteiger partial charge in [-0.05, 0) is 25.3 Å². The molecule has 1 unspecified atom stereocenters. The highest BCUT2D eigenvalue weighted by molar-refractivity contribution is 5.69. The number of rotatable bonds is 13. The van der Waals surface area contributed by atoms with Crippen molar-refractivity contribution in [3.8, 4) is 0 Å². The van der Waals surface area contributed by atoms with Crippen LogP contribution < -0.4 is 17.0 Å². The summed E-state index contributed by atoms with van der Waals surface area (Å²) in [5, 5.41) is 0. The first-order valence-corrected chi connectivity index (χ1v) is 10.8. The predicted octanol–water partition coefficient (Wildman–Crippen LogP) is 2.93. The van der Waals surface area contributed by atoms with Crippen LogP contribution in [0.25, 0.3) is 11.2 Å². The van der Waals surface area contributed by atoms with Crippen molar-refractivity contribution in [3.05, 3.63) is 27.2 Å². The molecule has 0 aliphatic heterocycles. The number of nitrogens with zero attached hydrogens (tertiary/aromatic N) is 4. The lowest BCUT2D eigenvalue weighted by Gasteiger charge is -2.16. The second kappa shape index (κ2) is 11.2. The summed E-state index contributed by atoms with van der Waals surface area (Å²) in [5.41, 5.74) is 6.16. The largest absolute Gasteiger partial charge is 0.332 e. The molecule has 2 aromatic rings. The summed E-state index contributed by atoms with van der Waals surface area (Å²) in [4.78, 5) is 28.9. The number of hydrogen-bond donors (Lipinski definition) is 1. The van der Waals surface area contributed by atoms with Crippen LogP contribution in [0, 0.1) is 5.92 Å². The fourth-order valence-electron chi connectivity index (χ4n) is 3.95. The van der Waals surface area contributed by atoms with E-state index in [2.05, 4.69) is 11.9 Å². The minimum atomic E-state index is -0.345. The fourth-order valence-corrected chi connectivity index (χ4v) is 3.95. The highest BCUT2D eigenvalue weighted by atomic mass is 16.2. The fraction of sp³-hybridized carbons (Fsp3) is 0.762. The predicted molar refractivity (Wildman–Crippen MR) is 115 cm³/mol. The van der Waals surface area contributed by atoms with E-state index in [9.17, 15) is 9.59 Å². The van der Waals surface area contributed by atoms with E-state index in [1.54, 1.807) is 13.4 Å². The monoisotopic (exact) mass is 391 g/mol. The number of aryl methyl sites for hydroxylation is 2. The first-order chi connectivity index (χ1) is 13.5. The number of nitrogens with two attached hydrogens (primary N) is 1. The number of imidazole rings is 1. The van der Waals surface area contributed by atoms with Crippen LogP contribution in [0.5, 0.6) is 0 Å². The standard InChI is InChI=1S/C21H37N5O2/c1-4-5-6-7-8-9-10-11-17(12-14-22)13-15-26-16-23-19-18(26)20(27)25(3)21(28)24(19)2/h16-17H,4-15,22H2,1-3H3. The summed E-state index contributed by atoms with van der Waals surface area (Å²) in [5.74, 6) is 0.564. The Balaban J connectivity index is 1.95. The number of aromatic nitrogens is 4. The van der Waals surface area contributed by atoms with Gasteiger partial charge in [0, 0.05) is 20.6 Å². The molecule has 0 fully saturated rings. The van der Waals surface area contributed by atoms with Gasteiger partial charge in [0.1, 0.15) is 0 Å². The molecule has 2 heterocycles. The molecule has 0 amide bonds. The van der Waals surface area contributed by atoms with Crippen molar-refractivity contribution in [1.82, 2.24) is 18.7 Å². The molecule has 0 aliphatic carbocycles. The van der Waals surface area contributed by atoms with Crippen molar-refractivity contribution < 1.29 is 0 Å². The van der Waals surface area contributed by atoms with E-state index in [1.165, 1.54) is 63.0 Å². The summed E-state index contributed by atoms with van der Waals surface area (Å²) < 4.78 is 4.48. The Kier molecular flexibility index (Phi) is 8.96. The van der Waals surface area contributed by atoms with E-state index in [4.69, 9.17) is 5.73 Å². The lowest BCUT2D eigenvalue weighted by molar-refractivity contribution is 0.381. The lowest BCUT2D eigenvalue weighted by atomic mass is 9.94. The molecule has 1 atom stereocenters. The Bertz CT molecular complexity index is 849. The molecule has 28 heavy (non-hydrogen) atoms. The van der Waals surface area contributed by atoms with E-state index in [0.717, 1.165) is 24.0 Å². The van der Waals surface area contributed by atoms with Gasteiger partial charge >= 0.3 is 5.69 Å². The van der Waals surface area contributed by atoms with Crippen LogP contribution in [0.15, 0.2) is 15.9 Å². The average Bonchev–Trinajstić information content (AvgIpc) is 3.12. The van der Waals surface area contributed by atoms with Gasteiger partial charge in [-0.2, -0.15) is 0 Å². The van der Waals surface area contributed by atoms with Crippen molar-refractivity contribution >= 4 is 11.2 Å². The van der Waals surface area contributed by atoms with Gasteiger partial charge < -0.3 is 10.3 Å². The second-order valence-corrected chi connectivity index (χ2v) is 7.96. The maximum absolute atomic E-state index is 12.5. The van der Waals surface area contributed by atoms with Gasteiger partial charge in [-0.1, -0.05) is 58.3 Å². The molecule has 2 aromatic heterocycles. The normalized spacial score (nSPS) is 12.7. The van der Waals surface area contributed by atoms with Crippen LogP contribution in [0.4, 0.5) is 0 Å². The molecule has 7 nitrogen and oxygen atoms in total. The Morgan fingerprint density at radius 3 is 2.32 bits per heavy atom. The Morgan fingerprint density at radius 2 is 1.64 bits per heavy atom. The zero-order valence-electron chi connectivity index (χ0n) is 17.8.